The number of fused-ring (bicyclic) bond motifs is 1. The monoisotopic (exact) mass is 553 g/mol. The molecule has 0 radical (unpaired) electrons. The number of nitrogens with zero attached hydrogens (tertiary/aromatic N) is 2. The number of amides is 1. The molecule has 1 saturated heterocycles. The maximum atomic E-state index is 15.8. The number of nitrogens with one attached hydrogen (secondary N) is 1. The third-order valence-electron chi connectivity index (χ3n) is 7.68. The first-order valence-corrected chi connectivity index (χ1v) is 13.4. The Labute approximate surface area is 229 Å². The van der Waals surface area contributed by atoms with Crippen LogP contribution < -0.4 is 15.6 Å². The number of carbonyl (C=O) groups excluding carboxylic acids is 1. The van der Waals surface area contributed by atoms with Crippen molar-refractivity contribution in [1.82, 2.24) is 9.88 Å². The van der Waals surface area contributed by atoms with Crippen molar-refractivity contribution in [2.45, 2.75) is 63.9 Å². The molecule has 2 fully saturated rings. The van der Waals surface area contributed by atoms with Crippen LogP contribution >= 0.6 is 0 Å². The lowest BCUT2D eigenvalue weighted by Gasteiger charge is -2.30. The Morgan fingerprint density at radius 1 is 1.18 bits per heavy atom. The van der Waals surface area contributed by atoms with Gasteiger partial charge in [-0.25, -0.2) is 14.0 Å². The van der Waals surface area contributed by atoms with E-state index in [2.05, 4.69) is 5.32 Å². The van der Waals surface area contributed by atoms with Crippen molar-refractivity contribution >= 4 is 28.7 Å². The second kappa shape index (κ2) is 11.3. The topological polar surface area (TPSA) is 141 Å². The van der Waals surface area contributed by atoms with Gasteiger partial charge in [0.15, 0.2) is 0 Å². The summed E-state index contributed by atoms with van der Waals surface area (Å²) in [4.78, 5) is 39.4. The molecule has 0 bridgehead atoms. The Morgan fingerprint density at radius 3 is 2.50 bits per heavy atom. The van der Waals surface area contributed by atoms with Gasteiger partial charge in [-0.3, -0.25) is 4.79 Å². The normalized spacial score (nSPS) is 18.8. The first-order chi connectivity index (χ1) is 19.3. The van der Waals surface area contributed by atoms with E-state index in [1.165, 1.54) is 0 Å². The minimum absolute atomic E-state index is 0.0231. The Morgan fingerprint density at radius 2 is 1.90 bits per heavy atom. The number of ether oxygens (including phenoxy) is 1. The van der Waals surface area contributed by atoms with E-state index >= 15 is 4.39 Å². The molecule has 1 aliphatic heterocycles. The fraction of sp³-hybridized carbons (Fsp3) is 0.414. The number of pyridine rings is 1. The fourth-order valence-electron chi connectivity index (χ4n) is 5.82. The Bertz CT molecular complexity index is 1500. The van der Waals surface area contributed by atoms with Crippen molar-refractivity contribution in [2.75, 3.05) is 18.1 Å². The van der Waals surface area contributed by atoms with Crippen LogP contribution in [0.4, 0.5) is 14.9 Å². The van der Waals surface area contributed by atoms with Crippen LogP contribution in [0.3, 0.4) is 0 Å². The predicted molar refractivity (Wildman–Crippen MR) is 145 cm³/mol. The number of hydrogen-bond acceptors (Lipinski definition) is 7. The van der Waals surface area contributed by atoms with Gasteiger partial charge < -0.3 is 34.8 Å². The average molecular weight is 554 g/mol. The second-order valence-electron chi connectivity index (χ2n) is 10.3. The van der Waals surface area contributed by atoms with E-state index in [0.29, 0.717) is 17.6 Å². The molecular formula is C29H32FN3O7. The molecule has 2 aliphatic rings. The number of anilines is 1. The van der Waals surface area contributed by atoms with Crippen LogP contribution in [0.25, 0.3) is 10.9 Å². The highest BCUT2D eigenvalue weighted by molar-refractivity contribution is 5.97. The van der Waals surface area contributed by atoms with Gasteiger partial charge in [0, 0.05) is 23.8 Å². The summed E-state index contributed by atoms with van der Waals surface area (Å²) in [6.45, 7) is 1.01. The highest BCUT2D eigenvalue weighted by Gasteiger charge is 2.38. The number of carboxylic acids is 1. The van der Waals surface area contributed by atoms with Crippen molar-refractivity contribution < 1.29 is 34.0 Å². The van der Waals surface area contributed by atoms with Crippen molar-refractivity contribution in [3.8, 4) is 0 Å². The van der Waals surface area contributed by atoms with Gasteiger partial charge in [0.25, 0.3) is 0 Å². The highest BCUT2D eigenvalue weighted by Crippen LogP contribution is 2.43. The lowest BCUT2D eigenvalue weighted by Crippen LogP contribution is -2.38. The first kappa shape index (κ1) is 27.6. The van der Waals surface area contributed by atoms with Crippen LogP contribution in [0.5, 0.6) is 0 Å². The van der Waals surface area contributed by atoms with E-state index in [1.807, 2.05) is 30.3 Å². The first-order valence-electron chi connectivity index (χ1n) is 13.4. The van der Waals surface area contributed by atoms with E-state index in [-0.39, 0.29) is 54.4 Å². The number of aromatic carboxylic acids is 1. The molecule has 2 aromatic carbocycles. The van der Waals surface area contributed by atoms with Crippen LogP contribution in [0, 0.1) is 5.82 Å². The molecule has 40 heavy (non-hydrogen) atoms. The summed E-state index contributed by atoms with van der Waals surface area (Å²) in [6.07, 6.45) is 1.45. The van der Waals surface area contributed by atoms with Gasteiger partial charge in [-0.15, -0.1) is 0 Å². The Kier molecular flexibility index (Phi) is 7.77. The summed E-state index contributed by atoms with van der Waals surface area (Å²) in [5, 5.41) is 33.2. The largest absolute Gasteiger partial charge is 0.477 e. The number of aliphatic hydroxyl groups excluding tert-OH is 2. The number of carbonyl (C=O) groups is 2. The summed E-state index contributed by atoms with van der Waals surface area (Å²) in [5.41, 5.74) is 0.461. The van der Waals surface area contributed by atoms with E-state index < -0.39 is 42.0 Å². The minimum atomic E-state index is -1.37. The molecule has 1 aromatic heterocycles. The molecule has 3 aromatic rings. The SMILES string of the molecule is CCc1c(C(=O)O)c(=O)c2cc(F)c(N3C[C@H](NC(=O)OCc4ccccc4)C[C@H]3CO)c(CO)c2n1C1CC1. The van der Waals surface area contributed by atoms with Crippen LogP contribution in [-0.2, 0) is 24.4 Å². The molecule has 5 rings (SSSR count). The number of carboxylic acid groups (broad SMARTS) is 1. The van der Waals surface area contributed by atoms with Gasteiger partial charge in [-0.2, -0.15) is 0 Å². The summed E-state index contributed by atoms with van der Waals surface area (Å²) >= 11 is 0. The van der Waals surface area contributed by atoms with Crippen molar-refractivity contribution in [1.29, 1.82) is 0 Å². The molecule has 11 heteroatoms. The Hall–Kier alpha value is -3.96. The summed E-state index contributed by atoms with van der Waals surface area (Å²) in [6, 6.07) is 9.09. The molecule has 212 valence electrons. The summed E-state index contributed by atoms with van der Waals surface area (Å²) < 4.78 is 22.9. The van der Waals surface area contributed by atoms with Gasteiger partial charge in [-0.05, 0) is 37.3 Å². The van der Waals surface area contributed by atoms with Crippen LogP contribution in [0.15, 0.2) is 41.2 Å². The zero-order chi connectivity index (χ0) is 28.6. The third-order valence-corrected chi connectivity index (χ3v) is 7.68. The lowest BCUT2D eigenvalue weighted by atomic mass is 9.99. The minimum Gasteiger partial charge on any atom is -0.477 e. The van der Waals surface area contributed by atoms with E-state index in [1.54, 1.807) is 16.4 Å². The molecule has 0 unspecified atom stereocenters. The zero-order valence-corrected chi connectivity index (χ0v) is 22.1. The molecule has 1 amide bonds. The van der Waals surface area contributed by atoms with Crippen LogP contribution in [-0.4, -0.2) is 57.2 Å². The molecule has 4 N–H and O–H groups in total. The lowest BCUT2D eigenvalue weighted by molar-refractivity contribution is 0.0693. The van der Waals surface area contributed by atoms with Crippen LogP contribution in [0.2, 0.25) is 0 Å². The molecule has 2 heterocycles. The number of benzene rings is 2. The quantitative estimate of drug-likeness (QED) is 0.317. The fourth-order valence-corrected chi connectivity index (χ4v) is 5.82. The van der Waals surface area contributed by atoms with E-state index in [4.69, 9.17) is 4.74 Å². The van der Waals surface area contributed by atoms with Crippen molar-refractivity contribution in [3.05, 3.63) is 74.8 Å². The molecular weight excluding hydrogens is 521 g/mol. The number of alkyl carbamates (subject to hydrolysis) is 1. The van der Waals surface area contributed by atoms with Gasteiger partial charge in [-0.1, -0.05) is 37.3 Å². The second-order valence-corrected chi connectivity index (χ2v) is 10.3. The molecule has 1 saturated carbocycles. The third kappa shape index (κ3) is 5.02. The van der Waals surface area contributed by atoms with Crippen LogP contribution in [0.1, 0.15) is 59.4 Å². The van der Waals surface area contributed by atoms with Gasteiger partial charge in [0.2, 0.25) is 5.43 Å². The van der Waals surface area contributed by atoms with E-state index in [0.717, 1.165) is 24.5 Å². The number of hydrogen-bond donors (Lipinski definition) is 4. The van der Waals surface area contributed by atoms with Gasteiger partial charge in [0.05, 0.1) is 41.9 Å². The van der Waals surface area contributed by atoms with Gasteiger partial charge >= 0.3 is 12.1 Å². The molecule has 2 atom stereocenters. The smallest absolute Gasteiger partial charge is 0.407 e. The van der Waals surface area contributed by atoms with E-state index in [9.17, 15) is 29.7 Å². The number of halogens is 1. The summed E-state index contributed by atoms with van der Waals surface area (Å²) in [7, 11) is 0. The molecule has 10 nitrogen and oxygen atoms in total. The van der Waals surface area contributed by atoms with Gasteiger partial charge in [0.1, 0.15) is 18.0 Å². The predicted octanol–water partition coefficient (Wildman–Crippen LogP) is 3.09. The number of aliphatic hydroxyl groups is 2. The maximum absolute atomic E-state index is 15.8. The van der Waals surface area contributed by atoms with Crippen molar-refractivity contribution in [2.24, 2.45) is 0 Å². The molecule has 0 spiro atoms. The standard InChI is InChI=1S/C29H32FN3O7/c1-2-23-24(28(37)38)27(36)20-11-22(30)26(21(14-35)25(20)33(23)18-8-9-18)32-12-17(10-19(32)13-34)31-29(39)40-15-16-6-4-3-5-7-16/h3-7,11,17-19,34-35H,2,8-10,12-15H2,1H3,(H,31,39)(H,37,38)/t17-,19+/m1/s1. The molecule has 1 aliphatic carbocycles. The maximum Gasteiger partial charge on any atom is 0.407 e. The average Bonchev–Trinajstić information content (AvgIpc) is 3.71. The Balaban J connectivity index is 1.52. The summed E-state index contributed by atoms with van der Waals surface area (Å²) in [5.74, 6) is -2.19. The number of rotatable bonds is 9. The van der Waals surface area contributed by atoms with Crippen molar-refractivity contribution in [3.63, 3.8) is 0 Å². The number of aromatic nitrogens is 1. The highest BCUT2D eigenvalue weighted by atomic mass is 19.1. The zero-order valence-electron chi connectivity index (χ0n) is 22.1.